The molecule has 0 bridgehead atoms. The Morgan fingerprint density at radius 2 is 1.74 bits per heavy atom. The normalized spacial score (nSPS) is 11.6. The van der Waals surface area contributed by atoms with E-state index in [1.807, 2.05) is 84.3 Å². The predicted molar refractivity (Wildman–Crippen MR) is 139 cm³/mol. The van der Waals surface area contributed by atoms with Crippen molar-refractivity contribution in [1.82, 2.24) is 9.55 Å². The quantitative estimate of drug-likeness (QED) is 0.264. The molecular formula is C29H26N4O2. The topological polar surface area (TPSA) is 79.8 Å². The van der Waals surface area contributed by atoms with Gasteiger partial charge in [0.2, 0.25) is 5.88 Å². The number of aromatic nitrogens is 2. The monoisotopic (exact) mass is 462 g/mol. The zero-order chi connectivity index (χ0) is 24.4. The van der Waals surface area contributed by atoms with Crippen LogP contribution in [0.2, 0.25) is 0 Å². The van der Waals surface area contributed by atoms with Crippen LogP contribution in [-0.2, 0) is 6.54 Å². The lowest BCUT2D eigenvalue weighted by Gasteiger charge is -2.07. The molecule has 0 fully saturated rings. The molecule has 1 N–H and O–H groups in total. The van der Waals surface area contributed by atoms with Gasteiger partial charge in [-0.1, -0.05) is 73.5 Å². The maximum Gasteiger partial charge on any atom is 0.296 e. The van der Waals surface area contributed by atoms with E-state index in [2.05, 4.69) is 17.2 Å². The molecule has 0 saturated carbocycles. The average Bonchev–Trinajstić information content (AvgIpc) is 3.15. The number of para-hydroxylation sites is 1. The summed E-state index contributed by atoms with van der Waals surface area (Å²) in [6, 6.07) is 24.9. The molecule has 1 amide bonds. The van der Waals surface area contributed by atoms with Gasteiger partial charge in [0.15, 0.2) is 5.69 Å². The van der Waals surface area contributed by atoms with Gasteiger partial charge in [-0.15, -0.1) is 10.2 Å². The molecule has 0 radical (unpaired) electrons. The summed E-state index contributed by atoms with van der Waals surface area (Å²) >= 11 is 0. The molecule has 0 atom stereocenters. The number of carbonyl (C=O) groups is 1. The van der Waals surface area contributed by atoms with Crippen LogP contribution in [0.15, 0.2) is 89.1 Å². The number of benzene rings is 3. The lowest BCUT2D eigenvalue weighted by Crippen LogP contribution is -1.99. The van der Waals surface area contributed by atoms with Crippen LogP contribution in [0.3, 0.4) is 0 Å². The highest BCUT2D eigenvalue weighted by Crippen LogP contribution is 2.40. The average molecular weight is 463 g/mol. The van der Waals surface area contributed by atoms with Crippen molar-refractivity contribution in [3.8, 4) is 17.1 Å². The van der Waals surface area contributed by atoms with Crippen molar-refractivity contribution in [1.29, 1.82) is 0 Å². The Balaban J connectivity index is 1.59. The van der Waals surface area contributed by atoms with Gasteiger partial charge in [-0.05, 0) is 37.6 Å². The summed E-state index contributed by atoms with van der Waals surface area (Å²) in [6.07, 6.45) is 1.92. The Morgan fingerprint density at radius 3 is 2.54 bits per heavy atom. The Morgan fingerprint density at radius 1 is 0.971 bits per heavy atom. The molecule has 2 aromatic heterocycles. The van der Waals surface area contributed by atoms with Crippen molar-refractivity contribution < 1.29 is 9.90 Å². The number of rotatable bonds is 6. The van der Waals surface area contributed by atoms with Gasteiger partial charge >= 0.3 is 0 Å². The molecule has 0 unspecified atom stereocenters. The maximum absolute atomic E-state index is 13.3. The fourth-order valence-electron chi connectivity index (χ4n) is 4.34. The number of carbonyl (C=O) groups excluding carboxylic acids is 1. The first-order valence-corrected chi connectivity index (χ1v) is 11.8. The zero-order valence-electron chi connectivity index (χ0n) is 19.8. The first kappa shape index (κ1) is 22.5. The summed E-state index contributed by atoms with van der Waals surface area (Å²) in [7, 11) is 0. The second-order valence-electron chi connectivity index (χ2n) is 8.64. The van der Waals surface area contributed by atoms with Gasteiger partial charge in [0.25, 0.3) is 5.91 Å². The number of pyridine rings is 1. The van der Waals surface area contributed by atoms with Crippen molar-refractivity contribution in [3.05, 3.63) is 90.0 Å². The minimum Gasteiger partial charge on any atom is -0.493 e. The molecule has 0 aliphatic carbocycles. The van der Waals surface area contributed by atoms with Gasteiger partial charge in [-0.25, -0.2) is 4.98 Å². The molecule has 2 heterocycles. The number of fused-ring (bicyclic) bond motifs is 2. The van der Waals surface area contributed by atoms with Crippen LogP contribution in [0.25, 0.3) is 33.1 Å². The van der Waals surface area contributed by atoms with Gasteiger partial charge in [-0.3, -0.25) is 4.79 Å². The lowest BCUT2D eigenvalue weighted by molar-refractivity contribution is 0.0996. The Labute approximate surface area is 203 Å². The summed E-state index contributed by atoms with van der Waals surface area (Å²) in [5.41, 5.74) is 4.97. The van der Waals surface area contributed by atoms with E-state index in [9.17, 15) is 9.90 Å². The molecular weight excluding hydrogens is 436 g/mol. The fraction of sp³-hybridized carbons (Fsp3) is 0.172. The van der Waals surface area contributed by atoms with E-state index in [0.717, 1.165) is 34.9 Å². The summed E-state index contributed by atoms with van der Waals surface area (Å²) in [5, 5.41) is 20.8. The number of unbranched alkanes of at least 4 members (excludes halogenated alkanes) is 1. The number of amides is 1. The van der Waals surface area contributed by atoms with Gasteiger partial charge in [-0.2, -0.15) is 0 Å². The SMILES string of the molecule is CCCCn1c(O)c(N=NC(=O)c2cc(-c3ccccc3)nc3ccccc23)c2cc(C)ccc21. The van der Waals surface area contributed by atoms with Crippen LogP contribution in [0.4, 0.5) is 5.69 Å². The third-order valence-electron chi connectivity index (χ3n) is 6.16. The zero-order valence-corrected chi connectivity index (χ0v) is 19.8. The van der Waals surface area contributed by atoms with Crippen LogP contribution in [-0.4, -0.2) is 20.6 Å². The molecule has 5 aromatic rings. The number of hydrogen-bond donors (Lipinski definition) is 1. The van der Waals surface area contributed by atoms with Crippen molar-refractivity contribution >= 4 is 33.4 Å². The molecule has 3 aromatic carbocycles. The third-order valence-corrected chi connectivity index (χ3v) is 6.16. The van der Waals surface area contributed by atoms with E-state index in [4.69, 9.17) is 4.98 Å². The van der Waals surface area contributed by atoms with E-state index in [-0.39, 0.29) is 5.88 Å². The Kier molecular flexibility index (Phi) is 6.10. The first-order chi connectivity index (χ1) is 17.1. The summed E-state index contributed by atoms with van der Waals surface area (Å²) in [4.78, 5) is 18.1. The summed E-state index contributed by atoms with van der Waals surface area (Å²) < 4.78 is 1.84. The van der Waals surface area contributed by atoms with Crippen LogP contribution in [0.5, 0.6) is 5.88 Å². The second-order valence-corrected chi connectivity index (χ2v) is 8.64. The highest BCUT2D eigenvalue weighted by atomic mass is 16.3. The summed E-state index contributed by atoms with van der Waals surface area (Å²) in [6.45, 7) is 4.76. The number of hydrogen-bond acceptors (Lipinski definition) is 4. The second kappa shape index (κ2) is 9.50. The van der Waals surface area contributed by atoms with Crippen molar-refractivity contribution in [3.63, 3.8) is 0 Å². The van der Waals surface area contributed by atoms with E-state index in [1.54, 1.807) is 6.07 Å². The number of aromatic hydroxyl groups is 1. The third kappa shape index (κ3) is 4.30. The molecule has 0 aliphatic heterocycles. The molecule has 6 heteroatoms. The van der Waals surface area contributed by atoms with Crippen molar-refractivity contribution in [2.45, 2.75) is 33.2 Å². The van der Waals surface area contributed by atoms with E-state index in [0.29, 0.717) is 34.4 Å². The highest BCUT2D eigenvalue weighted by molar-refractivity contribution is 6.07. The van der Waals surface area contributed by atoms with Gasteiger partial charge in [0, 0.05) is 22.9 Å². The standard InChI is InChI=1S/C29H26N4O2/c1-3-4-16-33-26-15-14-19(2)17-23(26)27(29(33)35)31-32-28(34)22-18-25(20-10-6-5-7-11-20)30-24-13-9-8-12-21(22)24/h5-15,17-18,35H,3-4,16H2,1-2H3. The van der Waals surface area contributed by atoms with E-state index >= 15 is 0 Å². The van der Waals surface area contributed by atoms with Crippen LogP contribution in [0, 0.1) is 6.92 Å². The lowest BCUT2D eigenvalue weighted by atomic mass is 10.0. The molecule has 35 heavy (non-hydrogen) atoms. The molecule has 0 aliphatic rings. The Hall–Kier alpha value is -4.32. The maximum atomic E-state index is 13.3. The first-order valence-electron chi connectivity index (χ1n) is 11.8. The predicted octanol–water partition coefficient (Wildman–Crippen LogP) is 7.59. The van der Waals surface area contributed by atoms with Gasteiger partial charge in [0.1, 0.15) is 0 Å². The van der Waals surface area contributed by atoms with E-state index < -0.39 is 5.91 Å². The van der Waals surface area contributed by atoms with Crippen molar-refractivity contribution in [2.75, 3.05) is 0 Å². The fourth-order valence-corrected chi connectivity index (χ4v) is 4.34. The molecule has 0 spiro atoms. The van der Waals surface area contributed by atoms with Crippen LogP contribution < -0.4 is 0 Å². The summed E-state index contributed by atoms with van der Waals surface area (Å²) in [5.74, 6) is -0.456. The number of azo groups is 1. The molecule has 174 valence electrons. The van der Waals surface area contributed by atoms with Gasteiger partial charge < -0.3 is 9.67 Å². The highest BCUT2D eigenvalue weighted by Gasteiger charge is 2.18. The van der Waals surface area contributed by atoms with Crippen molar-refractivity contribution in [2.24, 2.45) is 10.2 Å². The molecule has 5 rings (SSSR count). The molecule has 6 nitrogen and oxygen atoms in total. The molecule has 0 saturated heterocycles. The number of aryl methyl sites for hydroxylation is 2. The smallest absolute Gasteiger partial charge is 0.296 e. The number of nitrogens with zero attached hydrogens (tertiary/aromatic N) is 4. The van der Waals surface area contributed by atoms with Gasteiger partial charge in [0.05, 0.1) is 22.3 Å². The minimum absolute atomic E-state index is 0.0279. The van der Waals surface area contributed by atoms with E-state index in [1.165, 1.54) is 0 Å². The minimum atomic E-state index is -0.484. The Bertz CT molecular complexity index is 1570. The largest absolute Gasteiger partial charge is 0.493 e. The van der Waals surface area contributed by atoms with Crippen LogP contribution in [0.1, 0.15) is 35.7 Å². The van der Waals surface area contributed by atoms with Crippen LogP contribution >= 0.6 is 0 Å².